The van der Waals surface area contributed by atoms with Crippen LogP contribution in [0.1, 0.15) is 52.9 Å². The van der Waals surface area contributed by atoms with Crippen molar-refractivity contribution in [3.63, 3.8) is 0 Å². The molecule has 110 valence electrons. The van der Waals surface area contributed by atoms with Crippen molar-refractivity contribution < 1.29 is 14.7 Å². The van der Waals surface area contributed by atoms with Crippen LogP contribution in [-0.4, -0.2) is 40.6 Å². The lowest BCUT2D eigenvalue weighted by Gasteiger charge is -2.34. The van der Waals surface area contributed by atoms with Crippen LogP contribution in [0.3, 0.4) is 0 Å². The van der Waals surface area contributed by atoms with Gasteiger partial charge in [-0.1, -0.05) is 33.6 Å². The van der Waals surface area contributed by atoms with Gasteiger partial charge in [-0.25, -0.2) is 9.59 Å². The molecule has 0 aromatic heterocycles. The van der Waals surface area contributed by atoms with Crippen LogP contribution in [0.2, 0.25) is 0 Å². The maximum Gasteiger partial charge on any atom is 0.329 e. The second-order valence-corrected chi connectivity index (χ2v) is 5.31. The molecule has 5 heteroatoms. The number of nitrogens with zero attached hydrogens (tertiary/aromatic N) is 1. The monoisotopic (exact) mass is 270 g/mol. The van der Waals surface area contributed by atoms with E-state index in [2.05, 4.69) is 19.2 Å². The van der Waals surface area contributed by atoms with Crippen molar-refractivity contribution in [3.05, 3.63) is 0 Å². The Morgan fingerprint density at radius 1 is 1.32 bits per heavy atom. The highest BCUT2D eigenvalue weighted by molar-refractivity contribution is 5.87. The van der Waals surface area contributed by atoms with Crippen molar-refractivity contribution in [2.24, 2.45) is 5.92 Å². The summed E-state index contributed by atoms with van der Waals surface area (Å²) in [5, 5.41) is 12.3. The van der Waals surface area contributed by atoms with E-state index in [1.54, 1.807) is 0 Å². The predicted octanol–water partition coefficient (Wildman–Crippen LogP) is 2.46. The largest absolute Gasteiger partial charge is 0.479 e. The zero-order valence-electron chi connectivity index (χ0n) is 12.2. The number of likely N-dealkylation sites (tertiary alicyclic amines) is 1. The van der Waals surface area contributed by atoms with Crippen LogP contribution < -0.4 is 5.32 Å². The summed E-state index contributed by atoms with van der Waals surface area (Å²) in [6.07, 6.45) is 3.82. The molecule has 0 bridgehead atoms. The fraction of sp³-hybridized carbons (Fsp3) is 0.857. The molecule has 1 rings (SSSR count). The van der Waals surface area contributed by atoms with Gasteiger partial charge in [0.2, 0.25) is 0 Å². The second-order valence-electron chi connectivity index (χ2n) is 5.31. The van der Waals surface area contributed by atoms with E-state index in [0.717, 1.165) is 19.3 Å². The van der Waals surface area contributed by atoms with Crippen molar-refractivity contribution in [2.45, 2.75) is 58.4 Å². The van der Waals surface area contributed by atoms with Crippen LogP contribution >= 0.6 is 0 Å². The van der Waals surface area contributed by atoms with Gasteiger partial charge in [-0.15, -0.1) is 0 Å². The standard InChI is InChI=1S/C14H26N2O3/c1-4-11(5-2)10-15-13(19)16-9-7-8-14(16,6-3)12(17)18/h11H,4-10H2,1-3H3,(H,15,19)(H,17,18). The van der Waals surface area contributed by atoms with E-state index in [-0.39, 0.29) is 6.03 Å². The molecule has 1 atom stereocenters. The lowest BCUT2D eigenvalue weighted by atomic mass is 9.93. The van der Waals surface area contributed by atoms with Crippen LogP contribution in [0.25, 0.3) is 0 Å². The van der Waals surface area contributed by atoms with Gasteiger partial charge in [0.05, 0.1) is 0 Å². The molecule has 0 radical (unpaired) electrons. The zero-order valence-corrected chi connectivity index (χ0v) is 12.2. The number of nitrogens with one attached hydrogen (secondary N) is 1. The first-order chi connectivity index (χ1) is 9.01. The summed E-state index contributed by atoms with van der Waals surface area (Å²) in [7, 11) is 0. The number of amides is 2. The summed E-state index contributed by atoms with van der Waals surface area (Å²) in [5.41, 5.74) is -1.00. The highest BCUT2D eigenvalue weighted by Gasteiger charge is 2.48. The molecule has 5 nitrogen and oxygen atoms in total. The Morgan fingerprint density at radius 2 is 1.95 bits per heavy atom. The molecular formula is C14H26N2O3. The Morgan fingerprint density at radius 3 is 2.42 bits per heavy atom. The molecule has 19 heavy (non-hydrogen) atoms. The summed E-state index contributed by atoms with van der Waals surface area (Å²) in [4.78, 5) is 25.2. The number of carboxylic acids is 1. The van der Waals surface area contributed by atoms with E-state index in [1.165, 1.54) is 4.90 Å². The molecule has 1 fully saturated rings. The second kappa shape index (κ2) is 6.78. The van der Waals surface area contributed by atoms with E-state index in [9.17, 15) is 14.7 Å². The number of carboxylic acid groups (broad SMARTS) is 1. The number of aliphatic carboxylic acids is 1. The van der Waals surface area contributed by atoms with Gasteiger partial charge in [-0.3, -0.25) is 0 Å². The maximum atomic E-state index is 12.2. The summed E-state index contributed by atoms with van der Waals surface area (Å²) < 4.78 is 0. The van der Waals surface area contributed by atoms with Crippen LogP contribution in [-0.2, 0) is 4.79 Å². The van der Waals surface area contributed by atoms with Crippen LogP contribution in [0, 0.1) is 5.92 Å². The third kappa shape index (κ3) is 3.19. The van der Waals surface area contributed by atoms with Gasteiger partial charge in [0.15, 0.2) is 0 Å². The summed E-state index contributed by atoms with van der Waals surface area (Å²) in [6, 6.07) is -0.228. The molecule has 2 amide bonds. The average Bonchev–Trinajstić information content (AvgIpc) is 2.84. The number of carbonyl (C=O) groups excluding carboxylic acids is 1. The summed E-state index contributed by atoms with van der Waals surface area (Å²) in [5.74, 6) is -0.419. The third-order valence-electron chi connectivity index (χ3n) is 4.41. The normalized spacial score (nSPS) is 22.8. The topological polar surface area (TPSA) is 69.6 Å². The molecule has 0 aromatic rings. The Kier molecular flexibility index (Phi) is 5.63. The number of rotatable bonds is 6. The van der Waals surface area contributed by atoms with E-state index >= 15 is 0 Å². The molecule has 1 aliphatic heterocycles. The van der Waals surface area contributed by atoms with Crippen LogP contribution in [0.4, 0.5) is 4.79 Å². The SMILES string of the molecule is CCC(CC)CNC(=O)N1CCCC1(CC)C(=O)O. The number of hydrogen-bond acceptors (Lipinski definition) is 2. The molecule has 2 N–H and O–H groups in total. The summed E-state index contributed by atoms with van der Waals surface area (Å²) in [6.45, 7) is 7.20. The molecule has 1 aliphatic rings. The van der Waals surface area contributed by atoms with Crippen molar-refractivity contribution in [3.8, 4) is 0 Å². The fourth-order valence-corrected chi connectivity index (χ4v) is 2.82. The van der Waals surface area contributed by atoms with Gasteiger partial charge in [-0.05, 0) is 25.2 Å². The van der Waals surface area contributed by atoms with Crippen molar-refractivity contribution in [1.29, 1.82) is 0 Å². The van der Waals surface area contributed by atoms with Crippen LogP contribution in [0.15, 0.2) is 0 Å². The Hall–Kier alpha value is -1.26. The van der Waals surface area contributed by atoms with E-state index < -0.39 is 11.5 Å². The van der Waals surface area contributed by atoms with E-state index in [0.29, 0.717) is 31.8 Å². The lowest BCUT2D eigenvalue weighted by molar-refractivity contribution is -0.148. The molecule has 1 saturated heterocycles. The average molecular weight is 270 g/mol. The van der Waals surface area contributed by atoms with Gasteiger partial charge < -0.3 is 15.3 Å². The first-order valence-corrected chi connectivity index (χ1v) is 7.30. The molecule has 0 aromatic carbocycles. The first kappa shape index (κ1) is 15.8. The Balaban J connectivity index is 2.67. The van der Waals surface area contributed by atoms with E-state index in [1.807, 2.05) is 6.92 Å². The minimum absolute atomic E-state index is 0.228. The minimum atomic E-state index is -1.00. The fourth-order valence-electron chi connectivity index (χ4n) is 2.82. The number of carbonyl (C=O) groups is 2. The van der Waals surface area contributed by atoms with Gasteiger partial charge in [0, 0.05) is 13.1 Å². The highest BCUT2D eigenvalue weighted by Crippen LogP contribution is 2.32. The Labute approximate surface area is 115 Å². The Bertz CT molecular complexity index is 329. The van der Waals surface area contributed by atoms with Crippen LogP contribution in [0.5, 0.6) is 0 Å². The lowest BCUT2D eigenvalue weighted by Crippen LogP contribution is -2.56. The maximum absolute atomic E-state index is 12.2. The van der Waals surface area contributed by atoms with E-state index in [4.69, 9.17) is 0 Å². The van der Waals surface area contributed by atoms with Crippen molar-refractivity contribution in [1.82, 2.24) is 10.2 Å². The van der Waals surface area contributed by atoms with Crippen molar-refractivity contribution in [2.75, 3.05) is 13.1 Å². The van der Waals surface area contributed by atoms with Gasteiger partial charge in [-0.2, -0.15) is 0 Å². The van der Waals surface area contributed by atoms with Crippen molar-refractivity contribution >= 4 is 12.0 Å². The summed E-state index contributed by atoms with van der Waals surface area (Å²) >= 11 is 0. The predicted molar refractivity (Wildman–Crippen MR) is 74.1 cm³/mol. The van der Waals surface area contributed by atoms with Gasteiger partial charge in [0.25, 0.3) is 0 Å². The minimum Gasteiger partial charge on any atom is -0.479 e. The zero-order chi connectivity index (χ0) is 14.5. The first-order valence-electron chi connectivity index (χ1n) is 7.30. The quantitative estimate of drug-likeness (QED) is 0.779. The molecule has 0 aliphatic carbocycles. The van der Waals surface area contributed by atoms with Gasteiger partial charge >= 0.3 is 12.0 Å². The van der Waals surface area contributed by atoms with Gasteiger partial charge in [0.1, 0.15) is 5.54 Å². The molecule has 1 unspecified atom stereocenters. The molecule has 0 saturated carbocycles. The highest BCUT2D eigenvalue weighted by atomic mass is 16.4. The number of urea groups is 1. The third-order valence-corrected chi connectivity index (χ3v) is 4.41. The molecular weight excluding hydrogens is 244 g/mol. The molecule has 1 heterocycles. The molecule has 0 spiro atoms. The number of hydrogen-bond donors (Lipinski definition) is 2. The smallest absolute Gasteiger partial charge is 0.329 e.